The van der Waals surface area contributed by atoms with Crippen LogP contribution in [-0.4, -0.2) is 5.78 Å². The molecule has 3 rings (SSSR count). The second-order valence-electron chi connectivity index (χ2n) is 5.64. The van der Waals surface area contributed by atoms with Crippen LogP contribution in [-0.2, 0) is 4.79 Å². The Bertz CT molecular complexity index is 326. The van der Waals surface area contributed by atoms with Gasteiger partial charge in [0.25, 0.3) is 0 Å². The summed E-state index contributed by atoms with van der Waals surface area (Å²) in [6, 6.07) is 0. The quantitative estimate of drug-likeness (QED) is 0.293. The van der Waals surface area contributed by atoms with E-state index in [4.69, 9.17) is 6.42 Å². The fraction of sp³-hybridized carbons (Fsp3) is 0.769. The predicted octanol–water partition coefficient (Wildman–Crippen LogP) is -0.388. The SMILES string of the molecule is [C-]#CC1CC2CCC1(C)C(=O)C2(C)C.[Li+]. The van der Waals surface area contributed by atoms with Gasteiger partial charge in [-0.2, -0.15) is 0 Å². The van der Waals surface area contributed by atoms with Crippen molar-refractivity contribution in [1.29, 1.82) is 0 Å². The third-order valence-electron chi connectivity index (χ3n) is 4.60. The molecule has 0 aromatic carbocycles. The van der Waals surface area contributed by atoms with Crippen molar-refractivity contribution in [2.45, 2.75) is 40.0 Å². The van der Waals surface area contributed by atoms with Crippen LogP contribution in [0.5, 0.6) is 0 Å². The van der Waals surface area contributed by atoms with E-state index < -0.39 is 0 Å². The molecule has 0 heterocycles. The summed E-state index contributed by atoms with van der Waals surface area (Å²) in [5, 5.41) is 0. The molecular weight excluding hydrogens is 179 g/mol. The molecule has 0 saturated heterocycles. The van der Waals surface area contributed by atoms with Gasteiger partial charge < -0.3 is 12.3 Å². The summed E-state index contributed by atoms with van der Waals surface area (Å²) in [6.07, 6.45) is 10.4. The van der Waals surface area contributed by atoms with Crippen molar-refractivity contribution in [3.63, 3.8) is 0 Å². The van der Waals surface area contributed by atoms with Gasteiger partial charge in [-0.25, -0.2) is 0 Å². The Morgan fingerprint density at radius 1 is 1.40 bits per heavy atom. The molecule has 0 aromatic rings. The fourth-order valence-corrected chi connectivity index (χ4v) is 3.38. The number of hydrogen-bond acceptors (Lipinski definition) is 1. The van der Waals surface area contributed by atoms with Crippen LogP contribution in [0.4, 0.5) is 0 Å². The largest absolute Gasteiger partial charge is 1.00 e. The van der Waals surface area contributed by atoms with Crippen LogP contribution in [0.1, 0.15) is 40.0 Å². The van der Waals surface area contributed by atoms with E-state index >= 15 is 0 Å². The molecule has 3 fully saturated rings. The Balaban J connectivity index is 0.00000112. The summed E-state index contributed by atoms with van der Waals surface area (Å²) < 4.78 is 0. The van der Waals surface area contributed by atoms with Gasteiger partial charge in [-0.1, -0.05) is 20.8 Å². The second kappa shape index (κ2) is 3.69. The summed E-state index contributed by atoms with van der Waals surface area (Å²) in [5.41, 5.74) is -0.458. The zero-order valence-electron chi connectivity index (χ0n) is 10.2. The topological polar surface area (TPSA) is 17.1 Å². The van der Waals surface area contributed by atoms with Crippen molar-refractivity contribution in [3.05, 3.63) is 6.42 Å². The number of hydrogen-bond donors (Lipinski definition) is 0. The van der Waals surface area contributed by atoms with Gasteiger partial charge >= 0.3 is 18.9 Å². The molecule has 0 aliphatic heterocycles. The molecule has 15 heavy (non-hydrogen) atoms. The van der Waals surface area contributed by atoms with Crippen LogP contribution in [0.25, 0.3) is 0 Å². The predicted molar refractivity (Wildman–Crippen MR) is 54.9 cm³/mol. The summed E-state index contributed by atoms with van der Waals surface area (Å²) in [6.45, 7) is 6.16. The molecule has 0 radical (unpaired) electrons. The van der Waals surface area contributed by atoms with Crippen LogP contribution >= 0.6 is 0 Å². The van der Waals surface area contributed by atoms with E-state index in [-0.39, 0.29) is 35.6 Å². The van der Waals surface area contributed by atoms with E-state index in [1.807, 2.05) is 6.92 Å². The zero-order valence-corrected chi connectivity index (χ0v) is 10.2. The Labute approximate surface area is 105 Å². The maximum absolute atomic E-state index is 12.3. The average molecular weight is 196 g/mol. The maximum Gasteiger partial charge on any atom is 1.00 e. The van der Waals surface area contributed by atoms with Crippen molar-refractivity contribution in [3.8, 4) is 5.92 Å². The van der Waals surface area contributed by atoms with Gasteiger partial charge in [-0.3, -0.25) is 4.79 Å². The fourth-order valence-electron chi connectivity index (χ4n) is 3.38. The third-order valence-corrected chi connectivity index (χ3v) is 4.60. The van der Waals surface area contributed by atoms with Gasteiger partial charge in [0.2, 0.25) is 0 Å². The Kier molecular flexibility index (Phi) is 3.17. The van der Waals surface area contributed by atoms with Crippen LogP contribution in [0.3, 0.4) is 0 Å². The first kappa shape index (κ1) is 12.9. The van der Waals surface area contributed by atoms with Gasteiger partial charge in [0.15, 0.2) is 0 Å². The Morgan fingerprint density at radius 3 is 2.53 bits per heavy atom. The standard InChI is InChI=1S/C13H17O.Li/c1-5-9-8-10-6-7-13(9,4)11(14)12(10,2)3;/h9-10H,6-8H2,2-4H3;/q-1;+1. The number of fused-ring (bicyclic) bond motifs is 3. The van der Waals surface area contributed by atoms with Crippen molar-refractivity contribution in [1.82, 2.24) is 0 Å². The molecule has 0 spiro atoms. The minimum Gasteiger partial charge on any atom is -0.693 e. The van der Waals surface area contributed by atoms with Gasteiger partial charge in [-0.05, 0) is 31.1 Å². The number of carbonyl (C=O) groups is 1. The summed E-state index contributed by atoms with van der Waals surface area (Å²) in [5.74, 6) is 3.47. The van der Waals surface area contributed by atoms with Crippen molar-refractivity contribution in [2.24, 2.45) is 22.7 Å². The van der Waals surface area contributed by atoms with Crippen molar-refractivity contribution in [2.75, 3.05) is 0 Å². The van der Waals surface area contributed by atoms with Gasteiger partial charge in [0.1, 0.15) is 5.78 Å². The minimum absolute atomic E-state index is 0. The Hall–Kier alpha value is -0.173. The van der Waals surface area contributed by atoms with E-state index in [1.54, 1.807) is 0 Å². The van der Waals surface area contributed by atoms with Crippen LogP contribution in [0.15, 0.2) is 0 Å². The molecule has 1 nitrogen and oxygen atoms in total. The first-order valence-electron chi connectivity index (χ1n) is 5.40. The molecular formula is C13H17LiO. The smallest absolute Gasteiger partial charge is 0.693 e. The number of carbonyl (C=O) groups excluding carboxylic acids is 1. The first-order valence-corrected chi connectivity index (χ1v) is 5.40. The molecule has 2 heteroatoms. The maximum atomic E-state index is 12.3. The molecule has 3 unspecified atom stereocenters. The van der Waals surface area contributed by atoms with E-state index in [1.165, 1.54) is 0 Å². The molecule has 3 atom stereocenters. The Morgan fingerprint density at radius 2 is 2.00 bits per heavy atom. The van der Waals surface area contributed by atoms with Crippen LogP contribution in [0.2, 0.25) is 0 Å². The van der Waals surface area contributed by atoms with Crippen molar-refractivity contribution >= 4 is 5.78 Å². The zero-order chi connectivity index (χ0) is 10.6. The van der Waals surface area contributed by atoms with E-state index in [2.05, 4.69) is 19.8 Å². The molecule has 76 valence electrons. The van der Waals surface area contributed by atoms with Crippen LogP contribution < -0.4 is 18.9 Å². The molecule has 3 aliphatic carbocycles. The van der Waals surface area contributed by atoms with Gasteiger partial charge in [-0.15, -0.1) is 0 Å². The normalized spacial score (nSPS) is 41.9. The summed E-state index contributed by atoms with van der Waals surface area (Å²) in [4.78, 5) is 12.3. The van der Waals surface area contributed by atoms with Crippen molar-refractivity contribution < 1.29 is 23.7 Å². The summed E-state index contributed by atoms with van der Waals surface area (Å²) >= 11 is 0. The van der Waals surface area contributed by atoms with Crippen LogP contribution in [0, 0.1) is 35.0 Å². The number of rotatable bonds is 0. The van der Waals surface area contributed by atoms with Gasteiger partial charge in [0, 0.05) is 10.8 Å². The minimum atomic E-state index is -0.292. The molecule has 0 N–H and O–H groups in total. The monoisotopic (exact) mass is 196 g/mol. The molecule has 0 aromatic heterocycles. The molecule has 0 amide bonds. The third kappa shape index (κ3) is 1.51. The van der Waals surface area contributed by atoms with Gasteiger partial charge in [0.05, 0.1) is 0 Å². The van der Waals surface area contributed by atoms with E-state index in [9.17, 15) is 4.79 Å². The second-order valence-corrected chi connectivity index (χ2v) is 5.64. The van der Waals surface area contributed by atoms with E-state index in [0.29, 0.717) is 11.7 Å². The van der Waals surface area contributed by atoms with E-state index in [0.717, 1.165) is 19.3 Å². The number of ketones is 1. The number of Topliss-reactive ketones (excluding diaryl/α,β-unsaturated/α-hetero) is 1. The first-order chi connectivity index (χ1) is 6.43. The summed E-state index contributed by atoms with van der Waals surface area (Å²) in [7, 11) is 0. The molecule has 2 bridgehead atoms. The molecule has 3 saturated carbocycles. The molecule has 3 aliphatic rings. The average Bonchev–Trinajstić information content (AvgIpc) is 2.14.